The summed E-state index contributed by atoms with van der Waals surface area (Å²) in [5, 5.41) is 12.7. The van der Waals surface area contributed by atoms with Crippen molar-refractivity contribution in [1.29, 1.82) is 0 Å². The van der Waals surface area contributed by atoms with E-state index in [1.165, 1.54) is 11.3 Å². The van der Waals surface area contributed by atoms with E-state index in [4.69, 9.17) is 5.73 Å². The SMILES string of the molecule is CC(C)(C)c1nnc2sc(N)nn12. The molecule has 0 aromatic carbocycles. The number of hydrogen-bond acceptors (Lipinski definition) is 5. The highest BCUT2D eigenvalue weighted by Crippen LogP contribution is 2.23. The highest BCUT2D eigenvalue weighted by molar-refractivity contribution is 7.20. The first-order chi connectivity index (χ1) is 5.98. The summed E-state index contributed by atoms with van der Waals surface area (Å²) in [5.74, 6) is 0.843. The predicted octanol–water partition coefficient (Wildman–Crippen LogP) is 1.07. The van der Waals surface area contributed by atoms with Gasteiger partial charge in [0, 0.05) is 5.41 Å². The van der Waals surface area contributed by atoms with Gasteiger partial charge in [0.1, 0.15) is 0 Å². The largest absolute Gasteiger partial charge is 0.374 e. The number of hydrogen-bond donors (Lipinski definition) is 1. The van der Waals surface area contributed by atoms with Crippen LogP contribution in [0.15, 0.2) is 0 Å². The molecule has 0 bridgehead atoms. The van der Waals surface area contributed by atoms with E-state index in [1.54, 1.807) is 4.52 Å². The van der Waals surface area contributed by atoms with Gasteiger partial charge in [-0.1, -0.05) is 32.1 Å². The Hall–Kier alpha value is -1.17. The van der Waals surface area contributed by atoms with E-state index in [0.717, 1.165) is 10.8 Å². The van der Waals surface area contributed by atoms with E-state index in [1.807, 2.05) is 0 Å². The van der Waals surface area contributed by atoms with Gasteiger partial charge in [-0.2, -0.15) is 4.52 Å². The molecule has 6 heteroatoms. The average molecular weight is 197 g/mol. The molecule has 0 spiro atoms. The van der Waals surface area contributed by atoms with Crippen molar-refractivity contribution < 1.29 is 0 Å². The standard InChI is InChI=1S/C7H11N5S/c1-7(2,3)4-9-10-6-12(4)11-5(8)13-6/h1-3H3,(H2,8,11). The maximum absolute atomic E-state index is 5.57. The Balaban J connectivity index is 2.70. The van der Waals surface area contributed by atoms with E-state index in [9.17, 15) is 0 Å². The molecule has 70 valence electrons. The lowest BCUT2D eigenvalue weighted by molar-refractivity contribution is 0.528. The lowest BCUT2D eigenvalue weighted by Crippen LogP contribution is -2.16. The molecule has 0 aliphatic carbocycles. The summed E-state index contributed by atoms with van der Waals surface area (Å²) < 4.78 is 1.71. The number of anilines is 1. The first-order valence-electron chi connectivity index (χ1n) is 3.96. The van der Waals surface area contributed by atoms with Gasteiger partial charge in [0.2, 0.25) is 10.1 Å². The first-order valence-corrected chi connectivity index (χ1v) is 4.78. The van der Waals surface area contributed by atoms with E-state index in [2.05, 4.69) is 36.1 Å². The molecule has 2 aromatic rings. The fourth-order valence-corrected chi connectivity index (χ4v) is 1.70. The molecular weight excluding hydrogens is 186 g/mol. The molecule has 0 saturated heterocycles. The van der Waals surface area contributed by atoms with Crippen molar-refractivity contribution in [2.45, 2.75) is 26.2 Å². The van der Waals surface area contributed by atoms with Crippen LogP contribution in [0.3, 0.4) is 0 Å². The fourth-order valence-electron chi connectivity index (χ4n) is 1.10. The number of nitrogen functional groups attached to an aromatic ring is 1. The minimum atomic E-state index is -0.0556. The zero-order valence-electron chi connectivity index (χ0n) is 7.77. The molecule has 0 amide bonds. The first kappa shape index (κ1) is 8.43. The quantitative estimate of drug-likeness (QED) is 0.685. The smallest absolute Gasteiger partial charge is 0.236 e. The minimum absolute atomic E-state index is 0.0556. The van der Waals surface area contributed by atoms with Crippen molar-refractivity contribution in [2.75, 3.05) is 5.73 Å². The van der Waals surface area contributed by atoms with Crippen LogP contribution < -0.4 is 5.73 Å². The van der Waals surface area contributed by atoms with Crippen LogP contribution >= 0.6 is 11.3 Å². The number of aromatic nitrogens is 4. The van der Waals surface area contributed by atoms with Gasteiger partial charge < -0.3 is 5.73 Å². The highest BCUT2D eigenvalue weighted by Gasteiger charge is 2.22. The van der Waals surface area contributed by atoms with Crippen LogP contribution in [0.5, 0.6) is 0 Å². The molecule has 0 radical (unpaired) electrons. The second kappa shape index (κ2) is 2.41. The Morgan fingerprint density at radius 3 is 2.62 bits per heavy atom. The third kappa shape index (κ3) is 1.27. The summed E-state index contributed by atoms with van der Waals surface area (Å²) in [6.07, 6.45) is 0. The summed E-state index contributed by atoms with van der Waals surface area (Å²) in [5.41, 5.74) is 5.51. The summed E-state index contributed by atoms with van der Waals surface area (Å²) in [6, 6.07) is 0. The van der Waals surface area contributed by atoms with Crippen molar-refractivity contribution in [3.63, 3.8) is 0 Å². The van der Waals surface area contributed by atoms with Crippen molar-refractivity contribution in [1.82, 2.24) is 19.8 Å². The van der Waals surface area contributed by atoms with Gasteiger partial charge in [0.05, 0.1) is 0 Å². The van der Waals surface area contributed by atoms with Gasteiger partial charge in [0.15, 0.2) is 5.82 Å². The third-order valence-electron chi connectivity index (χ3n) is 1.68. The van der Waals surface area contributed by atoms with Gasteiger partial charge in [0.25, 0.3) is 0 Å². The third-order valence-corrected chi connectivity index (χ3v) is 2.41. The van der Waals surface area contributed by atoms with Gasteiger partial charge in [-0.3, -0.25) is 0 Å². The normalized spacial score (nSPS) is 12.5. The Kier molecular flexibility index (Phi) is 1.56. The van der Waals surface area contributed by atoms with Crippen LogP contribution in [0.2, 0.25) is 0 Å². The summed E-state index contributed by atoms with van der Waals surface area (Å²) in [4.78, 5) is 0.752. The number of nitrogens with zero attached hydrogens (tertiary/aromatic N) is 4. The maximum Gasteiger partial charge on any atom is 0.236 e. The van der Waals surface area contributed by atoms with E-state index in [0.29, 0.717) is 5.13 Å². The Labute approximate surface area is 79.6 Å². The summed E-state index contributed by atoms with van der Waals surface area (Å²) in [6.45, 7) is 6.21. The monoisotopic (exact) mass is 197 g/mol. The molecule has 2 heterocycles. The van der Waals surface area contributed by atoms with Crippen LogP contribution in [0.1, 0.15) is 26.6 Å². The molecule has 0 unspecified atom stereocenters. The highest BCUT2D eigenvalue weighted by atomic mass is 32.1. The lowest BCUT2D eigenvalue weighted by Gasteiger charge is -2.13. The Morgan fingerprint density at radius 1 is 1.31 bits per heavy atom. The Bertz CT molecular complexity index is 435. The molecule has 2 N–H and O–H groups in total. The zero-order chi connectivity index (χ0) is 9.64. The predicted molar refractivity (Wildman–Crippen MR) is 51.8 cm³/mol. The second-order valence-corrected chi connectivity index (χ2v) is 4.90. The van der Waals surface area contributed by atoms with Gasteiger partial charge >= 0.3 is 0 Å². The van der Waals surface area contributed by atoms with Gasteiger partial charge in [-0.25, -0.2) is 0 Å². The lowest BCUT2D eigenvalue weighted by atomic mass is 9.96. The van der Waals surface area contributed by atoms with E-state index < -0.39 is 0 Å². The topological polar surface area (TPSA) is 69.1 Å². The molecule has 13 heavy (non-hydrogen) atoms. The number of rotatable bonds is 0. The minimum Gasteiger partial charge on any atom is -0.374 e. The molecule has 0 saturated carbocycles. The number of fused-ring (bicyclic) bond motifs is 1. The molecule has 5 nitrogen and oxygen atoms in total. The summed E-state index contributed by atoms with van der Waals surface area (Å²) in [7, 11) is 0. The maximum atomic E-state index is 5.57. The van der Waals surface area contributed by atoms with E-state index in [-0.39, 0.29) is 5.41 Å². The molecule has 2 aromatic heterocycles. The van der Waals surface area contributed by atoms with Crippen molar-refractivity contribution in [2.24, 2.45) is 0 Å². The van der Waals surface area contributed by atoms with Crippen molar-refractivity contribution in [3.05, 3.63) is 5.82 Å². The summed E-state index contributed by atoms with van der Waals surface area (Å²) >= 11 is 1.35. The Morgan fingerprint density at radius 2 is 2.00 bits per heavy atom. The van der Waals surface area contributed by atoms with Gasteiger partial charge in [-0.05, 0) is 0 Å². The van der Waals surface area contributed by atoms with Crippen molar-refractivity contribution >= 4 is 21.4 Å². The molecular formula is C7H11N5S. The van der Waals surface area contributed by atoms with Crippen LogP contribution in [0, 0.1) is 0 Å². The molecule has 0 atom stereocenters. The zero-order valence-corrected chi connectivity index (χ0v) is 8.59. The van der Waals surface area contributed by atoms with Crippen LogP contribution in [-0.4, -0.2) is 19.8 Å². The molecule has 0 aliphatic heterocycles. The average Bonchev–Trinajstić information content (AvgIpc) is 2.41. The second-order valence-electron chi connectivity index (χ2n) is 3.91. The fraction of sp³-hybridized carbons (Fsp3) is 0.571. The van der Waals surface area contributed by atoms with Crippen LogP contribution in [0.4, 0.5) is 5.13 Å². The molecule has 0 aliphatic rings. The molecule has 2 rings (SSSR count). The van der Waals surface area contributed by atoms with Crippen LogP contribution in [0.25, 0.3) is 4.96 Å². The number of nitrogens with two attached hydrogens (primary N) is 1. The van der Waals surface area contributed by atoms with Gasteiger partial charge in [-0.15, -0.1) is 15.3 Å². The van der Waals surface area contributed by atoms with E-state index >= 15 is 0 Å². The molecule has 0 fully saturated rings. The van der Waals surface area contributed by atoms with Crippen LogP contribution in [-0.2, 0) is 5.41 Å². The van der Waals surface area contributed by atoms with Crippen molar-refractivity contribution in [3.8, 4) is 0 Å².